The summed E-state index contributed by atoms with van der Waals surface area (Å²) in [5, 5.41) is 14.5. The van der Waals surface area contributed by atoms with Gasteiger partial charge in [-0.3, -0.25) is 9.78 Å². The van der Waals surface area contributed by atoms with Crippen molar-refractivity contribution in [2.45, 2.75) is 25.8 Å². The molecule has 0 radical (unpaired) electrons. The lowest BCUT2D eigenvalue weighted by Crippen LogP contribution is -2.47. The van der Waals surface area contributed by atoms with Crippen LogP contribution < -0.4 is 11.1 Å². The third-order valence-corrected chi connectivity index (χ3v) is 3.69. The molecule has 0 spiro atoms. The monoisotopic (exact) mass is 291 g/mol. The normalized spacial score (nSPS) is 20.2. The summed E-state index contributed by atoms with van der Waals surface area (Å²) in [5.41, 5.74) is 6.26. The van der Waals surface area contributed by atoms with Crippen LogP contribution in [0.3, 0.4) is 0 Å². The maximum atomic E-state index is 12.2. The summed E-state index contributed by atoms with van der Waals surface area (Å²) in [6.07, 6.45) is 3.50. The number of hydrogen-bond acceptors (Lipinski definition) is 5. The zero-order chi connectivity index (χ0) is 15.2. The van der Waals surface area contributed by atoms with E-state index in [0.29, 0.717) is 11.3 Å². The second kappa shape index (κ2) is 7.03. The van der Waals surface area contributed by atoms with Crippen LogP contribution in [0.15, 0.2) is 23.5 Å². The Bertz CT molecular complexity index is 515. The third kappa shape index (κ3) is 3.91. The van der Waals surface area contributed by atoms with Gasteiger partial charge in [0.25, 0.3) is 5.91 Å². The summed E-state index contributed by atoms with van der Waals surface area (Å²) in [4.78, 5) is 18.5. The van der Waals surface area contributed by atoms with E-state index in [-0.39, 0.29) is 17.8 Å². The SMILES string of the molecule is CCN1CCCC(NC(=O)c2ccc(C(N)=NO)cn2)C1. The zero-order valence-corrected chi connectivity index (χ0v) is 12.1. The summed E-state index contributed by atoms with van der Waals surface area (Å²) in [5.74, 6) is -0.218. The first-order chi connectivity index (χ1) is 10.1. The van der Waals surface area contributed by atoms with E-state index < -0.39 is 0 Å². The molecular weight excluding hydrogens is 270 g/mol. The fourth-order valence-corrected chi connectivity index (χ4v) is 2.46. The molecule has 7 nitrogen and oxygen atoms in total. The maximum Gasteiger partial charge on any atom is 0.270 e. The highest BCUT2D eigenvalue weighted by atomic mass is 16.4. The lowest BCUT2D eigenvalue weighted by Gasteiger charge is -2.32. The average molecular weight is 291 g/mol. The molecule has 4 N–H and O–H groups in total. The molecule has 0 aliphatic carbocycles. The van der Waals surface area contributed by atoms with E-state index in [1.807, 2.05) is 0 Å². The molecule has 1 aromatic rings. The number of rotatable bonds is 4. The first-order valence-corrected chi connectivity index (χ1v) is 7.11. The van der Waals surface area contributed by atoms with Crippen molar-refractivity contribution in [3.05, 3.63) is 29.6 Å². The van der Waals surface area contributed by atoms with Crippen LogP contribution in [0.5, 0.6) is 0 Å². The Balaban J connectivity index is 1.97. The van der Waals surface area contributed by atoms with Gasteiger partial charge in [-0.25, -0.2) is 0 Å². The number of aromatic nitrogens is 1. The molecule has 1 amide bonds. The van der Waals surface area contributed by atoms with Gasteiger partial charge >= 0.3 is 0 Å². The predicted molar refractivity (Wildman–Crippen MR) is 79.4 cm³/mol. The van der Waals surface area contributed by atoms with E-state index in [2.05, 4.69) is 27.3 Å². The van der Waals surface area contributed by atoms with Crippen molar-refractivity contribution in [3.8, 4) is 0 Å². The molecular formula is C14H21N5O2. The van der Waals surface area contributed by atoms with Crippen molar-refractivity contribution >= 4 is 11.7 Å². The summed E-state index contributed by atoms with van der Waals surface area (Å²) in [6.45, 7) is 5.09. The molecule has 1 atom stereocenters. The van der Waals surface area contributed by atoms with Crippen molar-refractivity contribution in [1.29, 1.82) is 0 Å². The Labute approximate surface area is 123 Å². The predicted octanol–water partition coefficient (Wildman–Crippen LogP) is 0.390. The third-order valence-electron chi connectivity index (χ3n) is 3.69. The number of hydrogen-bond donors (Lipinski definition) is 3. The number of piperidine rings is 1. The van der Waals surface area contributed by atoms with Crippen molar-refractivity contribution < 1.29 is 10.0 Å². The Morgan fingerprint density at radius 2 is 2.43 bits per heavy atom. The number of amidine groups is 1. The lowest BCUT2D eigenvalue weighted by molar-refractivity contribution is 0.0901. The van der Waals surface area contributed by atoms with E-state index in [9.17, 15) is 4.79 Å². The maximum absolute atomic E-state index is 12.2. The average Bonchev–Trinajstić information content (AvgIpc) is 2.54. The molecule has 21 heavy (non-hydrogen) atoms. The number of carbonyl (C=O) groups excluding carboxylic acids is 1. The molecule has 0 bridgehead atoms. The van der Waals surface area contributed by atoms with Crippen LogP contribution in [-0.2, 0) is 0 Å². The summed E-state index contributed by atoms with van der Waals surface area (Å²) < 4.78 is 0. The van der Waals surface area contributed by atoms with Crippen molar-refractivity contribution in [2.24, 2.45) is 10.9 Å². The smallest absolute Gasteiger partial charge is 0.270 e. The highest BCUT2D eigenvalue weighted by molar-refractivity contribution is 5.98. The van der Waals surface area contributed by atoms with Crippen molar-refractivity contribution in [2.75, 3.05) is 19.6 Å². The molecule has 2 rings (SSSR count). The molecule has 1 aromatic heterocycles. The second-order valence-corrected chi connectivity index (χ2v) is 5.12. The van der Waals surface area contributed by atoms with Gasteiger partial charge in [0.15, 0.2) is 5.84 Å². The van der Waals surface area contributed by atoms with Crippen LogP contribution in [0.2, 0.25) is 0 Å². The number of amides is 1. The minimum absolute atomic E-state index is 0.0275. The quantitative estimate of drug-likeness (QED) is 0.322. The van der Waals surface area contributed by atoms with Crippen LogP contribution in [0.1, 0.15) is 35.8 Å². The zero-order valence-electron chi connectivity index (χ0n) is 12.1. The number of carbonyl (C=O) groups is 1. The standard InChI is InChI=1S/C14H21N5O2/c1-2-19-7-3-4-11(9-19)17-14(20)12-6-5-10(8-16-12)13(15)18-21/h5-6,8,11,21H,2-4,7,9H2,1H3,(H2,15,18)(H,17,20). The van der Waals surface area contributed by atoms with E-state index in [4.69, 9.17) is 10.9 Å². The molecule has 1 saturated heterocycles. The van der Waals surface area contributed by atoms with Crippen LogP contribution in [0, 0.1) is 0 Å². The molecule has 7 heteroatoms. The first kappa shape index (κ1) is 15.2. The van der Waals surface area contributed by atoms with Crippen LogP contribution in [0.4, 0.5) is 0 Å². The Kier molecular flexibility index (Phi) is 5.10. The molecule has 1 aliphatic rings. The first-order valence-electron chi connectivity index (χ1n) is 7.11. The fraction of sp³-hybridized carbons (Fsp3) is 0.500. The van der Waals surface area contributed by atoms with Gasteiger partial charge in [-0.1, -0.05) is 12.1 Å². The Hall–Kier alpha value is -2.15. The molecule has 114 valence electrons. The number of oxime groups is 1. The number of pyridine rings is 1. The van der Waals surface area contributed by atoms with Crippen LogP contribution >= 0.6 is 0 Å². The molecule has 1 unspecified atom stereocenters. The number of nitrogens with one attached hydrogen (secondary N) is 1. The number of nitrogens with zero attached hydrogens (tertiary/aromatic N) is 3. The Morgan fingerprint density at radius 1 is 1.62 bits per heavy atom. The topological polar surface area (TPSA) is 104 Å². The number of nitrogens with two attached hydrogens (primary N) is 1. The minimum atomic E-state index is -0.191. The summed E-state index contributed by atoms with van der Waals surface area (Å²) in [7, 11) is 0. The van der Waals surface area contributed by atoms with Gasteiger partial charge in [-0.15, -0.1) is 0 Å². The van der Waals surface area contributed by atoms with Gasteiger partial charge in [0.05, 0.1) is 0 Å². The van der Waals surface area contributed by atoms with Crippen molar-refractivity contribution in [3.63, 3.8) is 0 Å². The number of likely N-dealkylation sites (tertiary alicyclic amines) is 1. The van der Waals surface area contributed by atoms with Gasteiger partial charge in [0.1, 0.15) is 5.69 Å². The molecule has 1 fully saturated rings. The number of likely N-dealkylation sites (N-methyl/N-ethyl adjacent to an activating group) is 1. The van der Waals surface area contributed by atoms with E-state index in [1.165, 1.54) is 6.20 Å². The molecule has 0 aromatic carbocycles. The highest BCUT2D eigenvalue weighted by Gasteiger charge is 2.21. The fourth-order valence-electron chi connectivity index (χ4n) is 2.46. The van der Waals surface area contributed by atoms with Crippen LogP contribution in [-0.4, -0.2) is 52.5 Å². The summed E-state index contributed by atoms with van der Waals surface area (Å²) in [6, 6.07) is 3.34. The molecule has 0 saturated carbocycles. The van der Waals surface area contributed by atoms with Crippen LogP contribution in [0.25, 0.3) is 0 Å². The highest BCUT2D eigenvalue weighted by Crippen LogP contribution is 2.10. The summed E-state index contributed by atoms with van der Waals surface area (Å²) >= 11 is 0. The largest absolute Gasteiger partial charge is 0.409 e. The van der Waals surface area contributed by atoms with E-state index in [0.717, 1.165) is 32.5 Å². The van der Waals surface area contributed by atoms with E-state index >= 15 is 0 Å². The second-order valence-electron chi connectivity index (χ2n) is 5.12. The van der Waals surface area contributed by atoms with Crippen molar-refractivity contribution in [1.82, 2.24) is 15.2 Å². The van der Waals surface area contributed by atoms with Gasteiger partial charge in [0.2, 0.25) is 0 Å². The minimum Gasteiger partial charge on any atom is -0.409 e. The van der Waals surface area contributed by atoms with Gasteiger partial charge in [-0.05, 0) is 38.1 Å². The molecule has 1 aliphatic heterocycles. The van der Waals surface area contributed by atoms with E-state index in [1.54, 1.807) is 12.1 Å². The lowest BCUT2D eigenvalue weighted by atomic mass is 10.1. The van der Waals surface area contributed by atoms with Gasteiger partial charge in [-0.2, -0.15) is 0 Å². The van der Waals surface area contributed by atoms with Gasteiger partial charge in [0, 0.05) is 24.3 Å². The Morgan fingerprint density at radius 3 is 3.05 bits per heavy atom. The van der Waals surface area contributed by atoms with Gasteiger partial charge < -0.3 is 21.2 Å². The molecule has 2 heterocycles.